The number of hydrogen-bond acceptors (Lipinski definition) is 5. The molecule has 0 amide bonds. The number of halogens is 1. The van der Waals surface area contributed by atoms with Gasteiger partial charge in [-0.3, -0.25) is 9.69 Å². The zero-order chi connectivity index (χ0) is 21.6. The first-order chi connectivity index (χ1) is 14.3. The molecule has 5 nitrogen and oxygen atoms in total. The maximum absolute atomic E-state index is 12.2. The van der Waals surface area contributed by atoms with Crippen LogP contribution in [-0.4, -0.2) is 42.8 Å². The smallest absolute Gasteiger partial charge is 0.310 e. The van der Waals surface area contributed by atoms with Gasteiger partial charge in [-0.25, -0.2) is 0 Å². The summed E-state index contributed by atoms with van der Waals surface area (Å²) in [5.74, 6) is 0.451. The molecule has 1 fully saturated rings. The summed E-state index contributed by atoms with van der Waals surface area (Å²) in [5, 5.41) is 0. The Morgan fingerprint density at radius 1 is 1.10 bits per heavy atom. The van der Waals surface area contributed by atoms with Gasteiger partial charge in [0.2, 0.25) is 0 Å². The minimum Gasteiger partial charge on any atom is -0.489 e. The monoisotopic (exact) mass is 475 g/mol. The van der Waals surface area contributed by atoms with Gasteiger partial charge in [-0.2, -0.15) is 0 Å². The SMILES string of the molecule is CC(C)(C)OC(=O)Cc1ccccc1OCc1cc(Br)cc(CN2CCOCC2)c1. The molecule has 0 atom stereocenters. The molecule has 0 unspecified atom stereocenters. The van der Waals surface area contributed by atoms with Crippen LogP contribution in [0, 0.1) is 0 Å². The molecular weight excluding hydrogens is 446 g/mol. The minimum absolute atomic E-state index is 0.189. The number of carbonyl (C=O) groups is 1. The Morgan fingerprint density at radius 2 is 1.80 bits per heavy atom. The van der Waals surface area contributed by atoms with Crippen molar-refractivity contribution >= 4 is 21.9 Å². The van der Waals surface area contributed by atoms with Crippen LogP contribution in [0.15, 0.2) is 46.9 Å². The Labute approximate surface area is 187 Å². The van der Waals surface area contributed by atoms with Crippen molar-refractivity contribution in [3.63, 3.8) is 0 Å². The standard InChI is InChI=1S/C24H30BrNO4/c1-24(2,3)30-23(27)15-20-6-4-5-7-22(20)29-17-19-12-18(13-21(25)14-19)16-26-8-10-28-11-9-26/h4-7,12-14H,8-11,15-17H2,1-3H3. The molecule has 2 aromatic rings. The maximum Gasteiger partial charge on any atom is 0.310 e. The molecule has 0 aliphatic carbocycles. The molecule has 2 aromatic carbocycles. The minimum atomic E-state index is -0.500. The van der Waals surface area contributed by atoms with Crippen molar-refractivity contribution < 1.29 is 19.0 Å². The molecule has 162 valence electrons. The quantitative estimate of drug-likeness (QED) is 0.541. The lowest BCUT2D eigenvalue weighted by molar-refractivity contribution is -0.153. The summed E-state index contributed by atoms with van der Waals surface area (Å²) in [6.07, 6.45) is 0.189. The third-order valence-electron chi connectivity index (χ3n) is 4.65. The van der Waals surface area contributed by atoms with Gasteiger partial charge in [0.05, 0.1) is 19.6 Å². The average molecular weight is 476 g/mol. The summed E-state index contributed by atoms with van der Waals surface area (Å²) in [6, 6.07) is 14.0. The molecule has 30 heavy (non-hydrogen) atoms. The van der Waals surface area contributed by atoms with Gasteiger partial charge in [0.25, 0.3) is 0 Å². The number of esters is 1. The van der Waals surface area contributed by atoms with Gasteiger partial charge in [-0.1, -0.05) is 40.2 Å². The Bertz CT molecular complexity index is 857. The molecule has 6 heteroatoms. The van der Waals surface area contributed by atoms with E-state index in [2.05, 4.69) is 39.0 Å². The van der Waals surface area contributed by atoms with Crippen LogP contribution < -0.4 is 4.74 Å². The number of benzene rings is 2. The van der Waals surface area contributed by atoms with E-state index in [9.17, 15) is 4.79 Å². The van der Waals surface area contributed by atoms with E-state index in [1.807, 2.05) is 45.0 Å². The third kappa shape index (κ3) is 7.42. The van der Waals surface area contributed by atoms with Crippen LogP contribution in [0.5, 0.6) is 5.75 Å². The van der Waals surface area contributed by atoms with Crippen LogP contribution in [0.4, 0.5) is 0 Å². The molecule has 0 radical (unpaired) electrons. The van der Waals surface area contributed by atoms with Crippen molar-refractivity contribution in [3.8, 4) is 5.75 Å². The van der Waals surface area contributed by atoms with Gasteiger partial charge in [0.15, 0.2) is 0 Å². The number of rotatable bonds is 7. The number of carbonyl (C=O) groups excluding carboxylic acids is 1. The van der Waals surface area contributed by atoms with Crippen molar-refractivity contribution in [2.24, 2.45) is 0 Å². The summed E-state index contributed by atoms with van der Waals surface area (Å²) in [7, 11) is 0. The van der Waals surface area contributed by atoms with Gasteiger partial charge < -0.3 is 14.2 Å². The Kier molecular flexibility index (Phi) is 7.92. The number of para-hydroxylation sites is 1. The van der Waals surface area contributed by atoms with E-state index in [0.29, 0.717) is 12.4 Å². The van der Waals surface area contributed by atoms with E-state index in [4.69, 9.17) is 14.2 Å². The van der Waals surface area contributed by atoms with E-state index in [1.165, 1.54) is 5.56 Å². The first kappa shape index (κ1) is 22.8. The summed E-state index contributed by atoms with van der Waals surface area (Å²) in [4.78, 5) is 14.6. The van der Waals surface area contributed by atoms with E-state index < -0.39 is 5.60 Å². The average Bonchev–Trinajstić information content (AvgIpc) is 2.66. The fraction of sp³-hybridized carbons (Fsp3) is 0.458. The first-order valence-corrected chi connectivity index (χ1v) is 11.1. The zero-order valence-electron chi connectivity index (χ0n) is 17.9. The Morgan fingerprint density at radius 3 is 2.53 bits per heavy atom. The molecule has 1 saturated heterocycles. The van der Waals surface area contributed by atoms with Crippen molar-refractivity contribution in [2.75, 3.05) is 26.3 Å². The number of nitrogens with zero attached hydrogens (tertiary/aromatic N) is 1. The maximum atomic E-state index is 12.2. The number of morpholine rings is 1. The normalized spacial score (nSPS) is 15.1. The van der Waals surface area contributed by atoms with Crippen molar-refractivity contribution in [1.82, 2.24) is 4.90 Å². The summed E-state index contributed by atoms with van der Waals surface area (Å²) >= 11 is 3.62. The first-order valence-electron chi connectivity index (χ1n) is 10.3. The van der Waals surface area contributed by atoms with Crippen molar-refractivity contribution in [1.29, 1.82) is 0 Å². The van der Waals surface area contributed by atoms with Crippen LogP contribution in [0.3, 0.4) is 0 Å². The second-order valence-electron chi connectivity index (χ2n) is 8.52. The molecule has 3 rings (SSSR count). The number of ether oxygens (including phenoxy) is 3. The van der Waals surface area contributed by atoms with Crippen LogP contribution in [0.1, 0.15) is 37.5 Å². The molecule has 1 aliphatic rings. The molecule has 0 aromatic heterocycles. The highest BCUT2D eigenvalue weighted by atomic mass is 79.9. The van der Waals surface area contributed by atoms with E-state index in [0.717, 1.165) is 48.4 Å². The van der Waals surface area contributed by atoms with E-state index in [-0.39, 0.29) is 12.4 Å². The van der Waals surface area contributed by atoms with E-state index >= 15 is 0 Å². The Hall–Kier alpha value is -1.89. The van der Waals surface area contributed by atoms with Gasteiger partial charge in [-0.05, 0) is 50.1 Å². The van der Waals surface area contributed by atoms with E-state index in [1.54, 1.807) is 0 Å². The van der Waals surface area contributed by atoms with Crippen molar-refractivity contribution in [2.45, 2.75) is 45.9 Å². The second-order valence-corrected chi connectivity index (χ2v) is 9.43. The van der Waals surface area contributed by atoms with Gasteiger partial charge in [0.1, 0.15) is 18.0 Å². The van der Waals surface area contributed by atoms with Gasteiger partial charge in [0, 0.05) is 29.7 Å². The van der Waals surface area contributed by atoms with Crippen LogP contribution in [-0.2, 0) is 33.8 Å². The van der Waals surface area contributed by atoms with Gasteiger partial charge in [-0.15, -0.1) is 0 Å². The number of hydrogen-bond donors (Lipinski definition) is 0. The molecule has 0 N–H and O–H groups in total. The van der Waals surface area contributed by atoms with Gasteiger partial charge >= 0.3 is 5.97 Å². The molecule has 1 aliphatic heterocycles. The lowest BCUT2D eigenvalue weighted by Crippen LogP contribution is -2.35. The topological polar surface area (TPSA) is 48.0 Å². The second kappa shape index (κ2) is 10.4. The van der Waals surface area contributed by atoms with Crippen LogP contribution in [0.25, 0.3) is 0 Å². The molecular formula is C24H30BrNO4. The van der Waals surface area contributed by atoms with Crippen LogP contribution >= 0.6 is 15.9 Å². The highest BCUT2D eigenvalue weighted by Gasteiger charge is 2.18. The van der Waals surface area contributed by atoms with Crippen molar-refractivity contribution in [3.05, 3.63) is 63.6 Å². The predicted octanol–water partition coefficient (Wildman–Crippen LogP) is 4.74. The lowest BCUT2D eigenvalue weighted by Gasteiger charge is -2.26. The fourth-order valence-corrected chi connectivity index (χ4v) is 3.98. The van der Waals surface area contributed by atoms with Crippen LogP contribution in [0.2, 0.25) is 0 Å². The molecule has 0 bridgehead atoms. The lowest BCUT2D eigenvalue weighted by atomic mass is 10.1. The summed E-state index contributed by atoms with van der Waals surface area (Å²) in [5.41, 5.74) is 2.65. The summed E-state index contributed by atoms with van der Waals surface area (Å²) < 4.78 is 18.0. The highest BCUT2D eigenvalue weighted by Crippen LogP contribution is 2.23. The third-order valence-corrected chi connectivity index (χ3v) is 5.11. The molecule has 1 heterocycles. The molecule has 0 saturated carbocycles. The largest absolute Gasteiger partial charge is 0.489 e. The predicted molar refractivity (Wildman–Crippen MR) is 121 cm³/mol. The highest BCUT2D eigenvalue weighted by molar-refractivity contribution is 9.10. The fourth-order valence-electron chi connectivity index (χ4n) is 3.39. The Balaban J connectivity index is 1.64. The summed E-state index contributed by atoms with van der Waals surface area (Å²) in [6.45, 7) is 10.4. The molecule has 0 spiro atoms. The zero-order valence-corrected chi connectivity index (χ0v) is 19.5.